The van der Waals surface area contributed by atoms with Crippen LogP contribution in [0.2, 0.25) is 0 Å². The Morgan fingerprint density at radius 2 is 2.00 bits per heavy atom. The van der Waals surface area contributed by atoms with Gasteiger partial charge in [0.1, 0.15) is 5.75 Å². The van der Waals surface area contributed by atoms with Crippen LogP contribution in [0.15, 0.2) is 18.2 Å². The fraction of sp³-hybridized carbons (Fsp3) is 0.500. The van der Waals surface area contributed by atoms with Gasteiger partial charge in [-0.1, -0.05) is 17.7 Å². The number of phenolic OH excluding ortho intramolecular Hbond substituents is 1. The minimum atomic E-state index is -4.15. The van der Waals surface area contributed by atoms with Gasteiger partial charge in [-0.05, 0) is 19.9 Å². The van der Waals surface area contributed by atoms with Gasteiger partial charge in [0, 0.05) is 18.2 Å². The highest BCUT2D eigenvalue weighted by molar-refractivity contribution is 5.37. The van der Waals surface area contributed by atoms with Crippen molar-refractivity contribution in [1.82, 2.24) is 5.32 Å². The van der Waals surface area contributed by atoms with Crippen molar-refractivity contribution in [2.45, 2.75) is 32.5 Å². The minimum Gasteiger partial charge on any atom is -0.508 e. The van der Waals surface area contributed by atoms with Gasteiger partial charge in [0.2, 0.25) is 0 Å². The third kappa shape index (κ3) is 4.65. The van der Waals surface area contributed by atoms with Gasteiger partial charge in [-0.3, -0.25) is 0 Å². The first-order valence-corrected chi connectivity index (χ1v) is 5.39. The minimum absolute atomic E-state index is 0.0996. The van der Waals surface area contributed by atoms with E-state index in [0.717, 1.165) is 5.56 Å². The van der Waals surface area contributed by atoms with Crippen LogP contribution in [0.4, 0.5) is 13.2 Å². The highest BCUT2D eigenvalue weighted by Crippen LogP contribution is 2.25. The van der Waals surface area contributed by atoms with Crippen LogP contribution in [-0.2, 0) is 0 Å². The highest BCUT2D eigenvalue weighted by atomic mass is 19.4. The molecule has 2 N–H and O–H groups in total. The number of aryl methyl sites for hydroxylation is 1. The summed E-state index contributed by atoms with van der Waals surface area (Å²) in [4.78, 5) is 0. The van der Waals surface area contributed by atoms with Gasteiger partial charge in [0.25, 0.3) is 0 Å². The summed E-state index contributed by atoms with van der Waals surface area (Å²) in [5.74, 6) is 0.0996. The molecule has 1 atom stereocenters. The number of alkyl halides is 3. The van der Waals surface area contributed by atoms with E-state index < -0.39 is 12.6 Å². The maximum Gasteiger partial charge on any atom is 0.390 e. The summed E-state index contributed by atoms with van der Waals surface area (Å²) in [5, 5.41) is 12.3. The second-order valence-electron chi connectivity index (χ2n) is 4.10. The number of hydrogen-bond donors (Lipinski definition) is 2. The molecule has 0 saturated heterocycles. The molecule has 0 aliphatic rings. The maximum absolute atomic E-state index is 12.0. The number of hydrogen-bond acceptors (Lipinski definition) is 2. The number of rotatable bonds is 4. The van der Waals surface area contributed by atoms with Crippen LogP contribution in [-0.4, -0.2) is 17.8 Å². The summed E-state index contributed by atoms with van der Waals surface area (Å²) in [6, 6.07) is 4.76. The Kier molecular flexibility index (Phi) is 4.40. The van der Waals surface area contributed by atoms with Crippen molar-refractivity contribution in [3.63, 3.8) is 0 Å². The van der Waals surface area contributed by atoms with Crippen molar-refractivity contribution in [3.8, 4) is 5.75 Å². The first-order chi connectivity index (χ1) is 7.79. The number of aromatic hydroxyl groups is 1. The van der Waals surface area contributed by atoms with Crippen LogP contribution in [0, 0.1) is 6.92 Å². The first kappa shape index (κ1) is 13.8. The average Bonchev–Trinajstić information content (AvgIpc) is 2.19. The lowest BCUT2D eigenvalue weighted by molar-refractivity contribution is -0.133. The van der Waals surface area contributed by atoms with Crippen molar-refractivity contribution in [2.24, 2.45) is 0 Å². The Hall–Kier alpha value is -1.23. The lowest BCUT2D eigenvalue weighted by Gasteiger charge is -2.16. The molecule has 1 aromatic carbocycles. The van der Waals surface area contributed by atoms with E-state index >= 15 is 0 Å². The fourth-order valence-corrected chi connectivity index (χ4v) is 1.56. The SMILES string of the molecule is Cc1ccc(O)c(C(C)NCCC(F)(F)F)c1. The van der Waals surface area contributed by atoms with Gasteiger partial charge >= 0.3 is 6.18 Å². The molecule has 1 unspecified atom stereocenters. The predicted octanol–water partition coefficient (Wildman–Crippen LogP) is 3.30. The molecular formula is C12H16F3NO. The topological polar surface area (TPSA) is 32.3 Å². The zero-order valence-electron chi connectivity index (χ0n) is 9.80. The van der Waals surface area contributed by atoms with Crippen LogP contribution in [0.25, 0.3) is 0 Å². The summed E-state index contributed by atoms with van der Waals surface area (Å²) in [5.41, 5.74) is 1.58. The largest absolute Gasteiger partial charge is 0.508 e. The molecule has 17 heavy (non-hydrogen) atoms. The van der Waals surface area contributed by atoms with Gasteiger partial charge in [-0.25, -0.2) is 0 Å². The predicted molar refractivity (Wildman–Crippen MR) is 59.9 cm³/mol. The standard InChI is InChI=1S/C12H16F3NO/c1-8-3-4-11(17)10(7-8)9(2)16-6-5-12(13,14)15/h3-4,7,9,16-17H,5-6H2,1-2H3. The molecule has 0 spiro atoms. The number of halogens is 3. The van der Waals surface area contributed by atoms with E-state index in [2.05, 4.69) is 5.32 Å². The summed E-state index contributed by atoms with van der Waals surface area (Å²) >= 11 is 0. The van der Waals surface area contributed by atoms with Crippen molar-refractivity contribution < 1.29 is 18.3 Å². The number of nitrogens with one attached hydrogen (secondary N) is 1. The van der Waals surface area contributed by atoms with Gasteiger partial charge in [-0.2, -0.15) is 13.2 Å². The zero-order valence-corrected chi connectivity index (χ0v) is 9.80. The molecule has 1 rings (SSSR count). The van der Waals surface area contributed by atoms with E-state index in [0.29, 0.717) is 5.56 Å². The Morgan fingerprint density at radius 1 is 1.35 bits per heavy atom. The van der Waals surface area contributed by atoms with Gasteiger partial charge in [0.05, 0.1) is 6.42 Å². The van der Waals surface area contributed by atoms with Gasteiger partial charge in [0.15, 0.2) is 0 Å². The van der Waals surface area contributed by atoms with Crippen molar-refractivity contribution in [2.75, 3.05) is 6.54 Å². The molecule has 0 aliphatic carbocycles. The number of phenols is 1. The fourth-order valence-electron chi connectivity index (χ4n) is 1.56. The average molecular weight is 247 g/mol. The Bertz CT molecular complexity index is 377. The summed E-state index contributed by atoms with van der Waals surface area (Å²) in [6.07, 6.45) is -5.02. The molecule has 96 valence electrons. The summed E-state index contributed by atoms with van der Waals surface area (Å²) < 4.78 is 35.9. The molecule has 0 saturated carbocycles. The molecule has 2 nitrogen and oxygen atoms in total. The number of benzene rings is 1. The van der Waals surface area contributed by atoms with Gasteiger partial charge in [-0.15, -0.1) is 0 Å². The molecule has 0 fully saturated rings. The monoisotopic (exact) mass is 247 g/mol. The van der Waals surface area contributed by atoms with Crippen molar-refractivity contribution in [3.05, 3.63) is 29.3 Å². The van der Waals surface area contributed by atoms with Crippen LogP contribution in [0.3, 0.4) is 0 Å². The van der Waals surface area contributed by atoms with Crippen LogP contribution in [0.5, 0.6) is 5.75 Å². The maximum atomic E-state index is 12.0. The van der Waals surface area contributed by atoms with Crippen LogP contribution >= 0.6 is 0 Å². The second kappa shape index (κ2) is 5.40. The Labute approximate surface area is 98.5 Å². The van der Waals surface area contributed by atoms with Crippen LogP contribution < -0.4 is 5.32 Å². The first-order valence-electron chi connectivity index (χ1n) is 5.39. The molecule has 1 aromatic rings. The third-order valence-corrected chi connectivity index (χ3v) is 2.51. The Morgan fingerprint density at radius 3 is 2.59 bits per heavy atom. The molecule has 5 heteroatoms. The van der Waals surface area contributed by atoms with E-state index in [1.54, 1.807) is 25.1 Å². The molecule has 0 radical (unpaired) electrons. The normalized spacial score (nSPS) is 13.7. The lowest BCUT2D eigenvalue weighted by Crippen LogP contribution is -2.24. The smallest absolute Gasteiger partial charge is 0.390 e. The van der Waals surface area contributed by atoms with Gasteiger partial charge < -0.3 is 10.4 Å². The van der Waals surface area contributed by atoms with E-state index in [1.807, 2.05) is 6.92 Å². The molecule has 0 heterocycles. The zero-order chi connectivity index (χ0) is 13.1. The molecule has 0 aliphatic heterocycles. The van der Waals surface area contributed by atoms with E-state index in [9.17, 15) is 18.3 Å². The quantitative estimate of drug-likeness (QED) is 0.855. The lowest BCUT2D eigenvalue weighted by atomic mass is 10.0. The highest BCUT2D eigenvalue weighted by Gasteiger charge is 2.26. The molecule has 0 aromatic heterocycles. The van der Waals surface area contributed by atoms with E-state index in [-0.39, 0.29) is 18.3 Å². The molecular weight excluding hydrogens is 231 g/mol. The van der Waals surface area contributed by atoms with Crippen molar-refractivity contribution in [1.29, 1.82) is 0 Å². The van der Waals surface area contributed by atoms with Crippen LogP contribution in [0.1, 0.15) is 30.5 Å². The molecule has 0 bridgehead atoms. The third-order valence-electron chi connectivity index (χ3n) is 2.51. The van der Waals surface area contributed by atoms with E-state index in [4.69, 9.17) is 0 Å². The second-order valence-corrected chi connectivity index (χ2v) is 4.10. The summed E-state index contributed by atoms with van der Waals surface area (Å²) in [6.45, 7) is 3.44. The van der Waals surface area contributed by atoms with Crippen molar-refractivity contribution >= 4 is 0 Å². The Balaban J connectivity index is 2.58. The summed E-state index contributed by atoms with van der Waals surface area (Å²) in [7, 11) is 0. The molecule has 0 amide bonds. The van der Waals surface area contributed by atoms with E-state index in [1.165, 1.54) is 0 Å².